The molecule has 0 bridgehead atoms. The fourth-order valence-electron chi connectivity index (χ4n) is 2.59. The Morgan fingerprint density at radius 3 is 2.72 bits per heavy atom. The molecule has 0 radical (unpaired) electrons. The van der Waals surface area contributed by atoms with Crippen LogP contribution in [0.3, 0.4) is 0 Å². The number of nitrogens with zero attached hydrogens (tertiary/aromatic N) is 3. The van der Waals surface area contributed by atoms with Gasteiger partial charge in [-0.1, -0.05) is 6.92 Å². The van der Waals surface area contributed by atoms with E-state index in [1.54, 1.807) is 11.3 Å². The number of aryl methyl sites for hydroxylation is 1. The lowest BCUT2D eigenvalue weighted by Gasteiger charge is -2.39. The zero-order valence-corrected chi connectivity index (χ0v) is 12.6. The molecule has 18 heavy (non-hydrogen) atoms. The fourth-order valence-corrected chi connectivity index (χ4v) is 3.64. The Kier molecular flexibility index (Phi) is 4.25. The van der Waals surface area contributed by atoms with Crippen molar-refractivity contribution in [1.82, 2.24) is 9.88 Å². The van der Waals surface area contributed by atoms with Crippen molar-refractivity contribution in [1.29, 1.82) is 0 Å². The first kappa shape index (κ1) is 13.8. The minimum Gasteiger partial charge on any atom is -0.345 e. The molecule has 0 aromatic carbocycles. The number of nitrogens with two attached hydrogens (primary N) is 1. The summed E-state index contributed by atoms with van der Waals surface area (Å²) in [5, 5.41) is 1.14. The van der Waals surface area contributed by atoms with Gasteiger partial charge in [-0.3, -0.25) is 4.90 Å². The normalized spacial score (nSPS) is 23.4. The van der Waals surface area contributed by atoms with Gasteiger partial charge in [0.25, 0.3) is 0 Å². The van der Waals surface area contributed by atoms with Crippen LogP contribution < -0.4 is 10.6 Å². The van der Waals surface area contributed by atoms with E-state index in [0.29, 0.717) is 6.04 Å². The number of piperazine rings is 1. The summed E-state index contributed by atoms with van der Waals surface area (Å²) in [5.74, 6) is 0. The molecular weight excluding hydrogens is 244 g/mol. The molecule has 0 amide bonds. The summed E-state index contributed by atoms with van der Waals surface area (Å²) in [5.41, 5.74) is 7.07. The summed E-state index contributed by atoms with van der Waals surface area (Å²) in [6, 6.07) is 0.692. The molecule has 0 spiro atoms. The largest absolute Gasteiger partial charge is 0.345 e. The lowest BCUT2D eigenvalue weighted by Crippen LogP contribution is -2.51. The minimum absolute atomic E-state index is 0.0885. The quantitative estimate of drug-likeness (QED) is 0.911. The van der Waals surface area contributed by atoms with E-state index in [-0.39, 0.29) is 6.04 Å². The summed E-state index contributed by atoms with van der Waals surface area (Å²) in [6.07, 6.45) is 0. The average Bonchev–Trinajstić information content (AvgIpc) is 2.71. The highest BCUT2D eigenvalue weighted by Gasteiger charge is 2.25. The summed E-state index contributed by atoms with van der Waals surface area (Å²) >= 11 is 1.76. The third-order valence-corrected chi connectivity index (χ3v) is 5.10. The number of thiazole rings is 1. The van der Waals surface area contributed by atoms with Gasteiger partial charge in [-0.15, -0.1) is 11.3 Å². The molecule has 0 aliphatic carbocycles. The molecule has 1 aliphatic rings. The minimum atomic E-state index is 0.0885. The highest BCUT2D eigenvalue weighted by atomic mass is 32.1. The molecule has 1 saturated heterocycles. The van der Waals surface area contributed by atoms with E-state index in [1.807, 2.05) is 6.92 Å². The molecule has 4 nitrogen and oxygen atoms in total. The van der Waals surface area contributed by atoms with Gasteiger partial charge in [0, 0.05) is 36.6 Å². The number of anilines is 1. The summed E-state index contributed by atoms with van der Waals surface area (Å²) < 4.78 is 0. The Labute approximate surface area is 114 Å². The van der Waals surface area contributed by atoms with Gasteiger partial charge in [0.05, 0.1) is 5.69 Å². The third-order valence-electron chi connectivity index (χ3n) is 3.68. The first-order chi connectivity index (χ1) is 8.52. The van der Waals surface area contributed by atoms with Crippen LogP contribution in [0.5, 0.6) is 0 Å². The molecule has 1 aromatic heterocycles. The van der Waals surface area contributed by atoms with Gasteiger partial charge in [0.1, 0.15) is 0 Å². The van der Waals surface area contributed by atoms with E-state index >= 15 is 0 Å². The number of hydrogen-bond acceptors (Lipinski definition) is 5. The van der Waals surface area contributed by atoms with Crippen molar-refractivity contribution < 1.29 is 0 Å². The highest BCUT2D eigenvalue weighted by Crippen LogP contribution is 2.30. The first-order valence-electron chi connectivity index (χ1n) is 6.74. The predicted molar refractivity (Wildman–Crippen MR) is 78.4 cm³/mol. The Balaban J connectivity index is 2.11. The maximum atomic E-state index is 5.97. The Bertz CT molecular complexity index is 402. The van der Waals surface area contributed by atoms with E-state index in [1.165, 1.54) is 4.88 Å². The maximum absolute atomic E-state index is 5.97. The van der Waals surface area contributed by atoms with Crippen LogP contribution in [0.15, 0.2) is 0 Å². The molecule has 5 heteroatoms. The van der Waals surface area contributed by atoms with Crippen LogP contribution in [-0.2, 0) is 0 Å². The van der Waals surface area contributed by atoms with Gasteiger partial charge in [0.15, 0.2) is 5.13 Å². The van der Waals surface area contributed by atoms with Crippen LogP contribution >= 0.6 is 11.3 Å². The van der Waals surface area contributed by atoms with Crippen molar-refractivity contribution >= 4 is 16.5 Å². The monoisotopic (exact) mass is 268 g/mol. The molecule has 1 aliphatic heterocycles. The van der Waals surface area contributed by atoms with Crippen LogP contribution in [0, 0.1) is 6.92 Å². The van der Waals surface area contributed by atoms with Crippen LogP contribution in [0.1, 0.15) is 37.4 Å². The fraction of sp³-hybridized carbons (Fsp3) is 0.769. The number of likely N-dealkylation sites (N-methyl/N-ethyl adjacent to an activating group) is 1. The zero-order valence-electron chi connectivity index (χ0n) is 11.8. The second-order valence-electron chi connectivity index (χ2n) is 5.16. The maximum Gasteiger partial charge on any atom is 0.185 e. The highest BCUT2D eigenvalue weighted by molar-refractivity contribution is 7.15. The van der Waals surface area contributed by atoms with E-state index in [4.69, 9.17) is 5.73 Å². The SMILES string of the molecule is CCN1CCN(c2nc(C)c(C(C)N)s2)CC1C. The molecule has 2 unspecified atom stereocenters. The standard InChI is InChI=1S/C13H24N4S/c1-5-16-6-7-17(8-9(16)2)13-15-11(4)12(18-13)10(3)14/h9-10H,5-8,14H2,1-4H3. The predicted octanol–water partition coefficient (Wildman–Crippen LogP) is 2.00. The number of hydrogen-bond donors (Lipinski definition) is 1. The van der Waals surface area contributed by atoms with E-state index < -0.39 is 0 Å². The van der Waals surface area contributed by atoms with E-state index in [2.05, 4.69) is 35.6 Å². The zero-order chi connectivity index (χ0) is 13.3. The number of aromatic nitrogens is 1. The Hall–Kier alpha value is -0.650. The summed E-state index contributed by atoms with van der Waals surface area (Å²) in [7, 11) is 0. The topological polar surface area (TPSA) is 45.4 Å². The molecule has 1 aromatic rings. The second-order valence-corrected chi connectivity index (χ2v) is 6.17. The molecule has 102 valence electrons. The summed E-state index contributed by atoms with van der Waals surface area (Å²) in [4.78, 5) is 10.8. The summed E-state index contributed by atoms with van der Waals surface area (Å²) in [6.45, 7) is 13.0. The van der Waals surface area contributed by atoms with Gasteiger partial charge >= 0.3 is 0 Å². The van der Waals surface area contributed by atoms with Crippen molar-refractivity contribution in [2.45, 2.75) is 39.8 Å². The Morgan fingerprint density at radius 2 is 2.22 bits per heavy atom. The second kappa shape index (κ2) is 5.55. The average molecular weight is 268 g/mol. The first-order valence-corrected chi connectivity index (χ1v) is 7.56. The van der Waals surface area contributed by atoms with Gasteiger partial charge in [-0.05, 0) is 27.3 Å². The molecule has 2 heterocycles. The van der Waals surface area contributed by atoms with E-state index in [0.717, 1.165) is 37.0 Å². The van der Waals surface area contributed by atoms with Crippen molar-refractivity contribution in [3.63, 3.8) is 0 Å². The molecular formula is C13H24N4S. The van der Waals surface area contributed by atoms with Crippen molar-refractivity contribution in [2.75, 3.05) is 31.1 Å². The molecule has 0 saturated carbocycles. The van der Waals surface area contributed by atoms with Crippen LogP contribution in [0.4, 0.5) is 5.13 Å². The molecule has 2 rings (SSSR count). The molecule has 1 fully saturated rings. The van der Waals surface area contributed by atoms with Crippen LogP contribution in [0.25, 0.3) is 0 Å². The van der Waals surface area contributed by atoms with Gasteiger partial charge in [0.2, 0.25) is 0 Å². The molecule has 2 N–H and O–H groups in total. The van der Waals surface area contributed by atoms with Crippen LogP contribution in [0.2, 0.25) is 0 Å². The Morgan fingerprint density at radius 1 is 1.50 bits per heavy atom. The van der Waals surface area contributed by atoms with Gasteiger partial charge < -0.3 is 10.6 Å². The van der Waals surface area contributed by atoms with Crippen LogP contribution in [-0.4, -0.2) is 42.1 Å². The van der Waals surface area contributed by atoms with E-state index in [9.17, 15) is 0 Å². The van der Waals surface area contributed by atoms with Crippen molar-refractivity contribution in [2.24, 2.45) is 5.73 Å². The van der Waals surface area contributed by atoms with Crippen molar-refractivity contribution in [3.8, 4) is 0 Å². The lowest BCUT2D eigenvalue weighted by atomic mass is 10.2. The van der Waals surface area contributed by atoms with Gasteiger partial charge in [-0.2, -0.15) is 0 Å². The number of rotatable bonds is 3. The lowest BCUT2D eigenvalue weighted by molar-refractivity contribution is 0.199. The van der Waals surface area contributed by atoms with Crippen molar-refractivity contribution in [3.05, 3.63) is 10.6 Å². The third kappa shape index (κ3) is 2.68. The van der Waals surface area contributed by atoms with Gasteiger partial charge in [-0.25, -0.2) is 4.98 Å². The molecule has 2 atom stereocenters. The smallest absolute Gasteiger partial charge is 0.185 e.